The van der Waals surface area contributed by atoms with Crippen molar-refractivity contribution in [1.82, 2.24) is 0 Å². The highest BCUT2D eigenvalue weighted by Gasteiger charge is 2.36. The fraction of sp³-hybridized carbons (Fsp3) is 0.333. The van der Waals surface area contributed by atoms with Crippen LogP contribution in [0.25, 0.3) is 0 Å². The van der Waals surface area contributed by atoms with Crippen LogP contribution in [0.1, 0.15) is 6.92 Å². The Bertz CT molecular complexity index is 338. The number of rotatable bonds is 4. The normalized spacial score (nSPS) is 15.7. The van der Waals surface area contributed by atoms with Gasteiger partial charge in [-0.05, 0) is 0 Å². The van der Waals surface area contributed by atoms with Crippen LogP contribution in [0.15, 0.2) is 0 Å². The van der Waals surface area contributed by atoms with Crippen LogP contribution in [-0.2, 0) is 27.6 Å². The van der Waals surface area contributed by atoms with Crippen LogP contribution in [0.5, 0.6) is 0 Å². The van der Waals surface area contributed by atoms with Crippen molar-refractivity contribution < 1.29 is 42.2 Å². The highest BCUT2D eigenvalue weighted by molar-refractivity contribution is 7.61. The van der Waals surface area contributed by atoms with Gasteiger partial charge < -0.3 is 14.3 Å². The Morgan fingerprint density at radius 2 is 1.57 bits per heavy atom. The van der Waals surface area contributed by atoms with E-state index in [1.807, 2.05) is 0 Å². The molecule has 0 amide bonds. The molecule has 0 rings (SSSR count). The predicted molar refractivity (Wildman–Crippen MR) is 39.7 cm³/mol. The van der Waals surface area contributed by atoms with Gasteiger partial charge in [0.1, 0.15) is 0 Å². The van der Waals surface area contributed by atoms with Gasteiger partial charge in [0.15, 0.2) is 0 Å². The fourth-order valence-electron chi connectivity index (χ4n) is 0.320. The van der Waals surface area contributed by atoms with Gasteiger partial charge in [0.25, 0.3) is 0 Å². The average Bonchev–Trinajstić information content (AvgIpc) is 1.78. The van der Waals surface area contributed by atoms with Crippen LogP contribution in [-0.4, -0.2) is 26.4 Å². The molecule has 82 valence electrons. The van der Waals surface area contributed by atoms with Crippen LogP contribution < -0.4 is 0 Å². The Kier molecular flexibility index (Phi) is 4.14. The van der Waals surface area contributed by atoms with Crippen molar-refractivity contribution in [2.75, 3.05) is 0 Å². The SMILES string of the molecule is CC(=O)C(=O)OP(=O)(O)OP(=O)(O)O. The first-order chi connectivity index (χ1) is 6.03. The summed E-state index contributed by atoms with van der Waals surface area (Å²) in [5.41, 5.74) is 0. The van der Waals surface area contributed by atoms with E-state index < -0.39 is 27.4 Å². The lowest BCUT2D eigenvalue weighted by Crippen LogP contribution is -2.12. The van der Waals surface area contributed by atoms with E-state index in [-0.39, 0.29) is 0 Å². The number of hydrogen-bond donors (Lipinski definition) is 3. The molecular weight excluding hydrogens is 242 g/mol. The molecule has 0 aliphatic rings. The molecular formula is C3H6O9P2. The molecule has 0 aromatic rings. The van der Waals surface area contributed by atoms with Crippen LogP contribution in [0.2, 0.25) is 0 Å². The van der Waals surface area contributed by atoms with Crippen LogP contribution in [0.3, 0.4) is 0 Å². The van der Waals surface area contributed by atoms with Gasteiger partial charge in [0.05, 0.1) is 0 Å². The fourth-order valence-corrected chi connectivity index (χ4v) is 1.87. The summed E-state index contributed by atoms with van der Waals surface area (Å²) in [6, 6.07) is 0. The minimum atomic E-state index is -5.28. The summed E-state index contributed by atoms with van der Waals surface area (Å²) in [4.78, 5) is 45.3. The minimum absolute atomic E-state index is 0.736. The van der Waals surface area contributed by atoms with E-state index in [2.05, 4.69) is 8.83 Å². The molecule has 0 heterocycles. The van der Waals surface area contributed by atoms with Crippen molar-refractivity contribution in [3.63, 3.8) is 0 Å². The molecule has 0 saturated carbocycles. The lowest BCUT2D eigenvalue weighted by Gasteiger charge is -2.10. The molecule has 0 aromatic heterocycles. The highest BCUT2D eigenvalue weighted by atomic mass is 31.3. The third kappa shape index (κ3) is 5.98. The zero-order valence-corrected chi connectivity index (χ0v) is 8.47. The Hall–Kier alpha value is -0.560. The molecule has 1 atom stereocenters. The maximum atomic E-state index is 10.6. The molecule has 0 saturated heterocycles. The topological polar surface area (TPSA) is 147 Å². The first-order valence-electron chi connectivity index (χ1n) is 2.88. The maximum absolute atomic E-state index is 10.6. The Labute approximate surface area is 77.5 Å². The number of carbonyl (C=O) groups is 2. The summed E-state index contributed by atoms with van der Waals surface area (Å²) in [5, 5.41) is 0. The zero-order chi connectivity index (χ0) is 11.6. The monoisotopic (exact) mass is 248 g/mol. The van der Waals surface area contributed by atoms with Crippen LogP contribution in [0, 0.1) is 0 Å². The number of Topliss-reactive ketones (excluding diaryl/α,β-unsaturated/α-hetero) is 1. The molecule has 0 aliphatic carbocycles. The van der Waals surface area contributed by atoms with Gasteiger partial charge >= 0.3 is 21.6 Å². The molecule has 1 unspecified atom stereocenters. The van der Waals surface area contributed by atoms with Crippen molar-refractivity contribution in [2.24, 2.45) is 0 Å². The molecule has 0 fully saturated rings. The third-order valence-corrected chi connectivity index (χ3v) is 2.77. The van der Waals surface area contributed by atoms with Crippen molar-refractivity contribution in [3.05, 3.63) is 0 Å². The first-order valence-corrected chi connectivity index (χ1v) is 5.90. The molecule has 3 N–H and O–H groups in total. The smallest absolute Gasteiger partial charge is 0.364 e. The summed E-state index contributed by atoms with van der Waals surface area (Å²) < 4.78 is 27.4. The highest BCUT2D eigenvalue weighted by Crippen LogP contribution is 2.57. The van der Waals surface area contributed by atoms with E-state index in [9.17, 15) is 18.7 Å². The van der Waals surface area contributed by atoms with Crippen molar-refractivity contribution >= 4 is 27.4 Å². The van der Waals surface area contributed by atoms with Gasteiger partial charge in [0, 0.05) is 6.92 Å². The second-order valence-corrected chi connectivity index (χ2v) is 4.73. The Morgan fingerprint density at radius 3 is 1.86 bits per heavy atom. The molecule has 9 nitrogen and oxygen atoms in total. The third-order valence-electron chi connectivity index (χ3n) is 0.695. The quantitative estimate of drug-likeness (QED) is 0.434. The lowest BCUT2D eigenvalue weighted by atomic mass is 10.5. The summed E-state index contributed by atoms with van der Waals surface area (Å²) in [5.74, 6) is -2.95. The lowest BCUT2D eigenvalue weighted by molar-refractivity contribution is -0.147. The van der Waals surface area contributed by atoms with E-state index in [0.29, 0.717) is 0 Å². The van der Waals surface area contributed by atoms with Crippen LogP contribution >= 0.6 is 15.6 Å². The van der Waals surface area contributed by atoms with Crippen LogP contribution in [0.4, 0.5) is 0 Å². The summed E-state index contributed by atoms with van der Waals surface area (Å²) >= 11 is 0. The zero-order valence-electron chi connectivity index (χ0n) is 6.69. The molecule has 0 spiro atoms. The number of carbonyl (C=O) groups excluding carboxylic acids is 2. The van der Waals surface area contributed by atoms with Crippen molar-refractivity contribution in [2.45, 2.75) is 6.92 Å². The van der Waals surface area contributed by atoms with Gasteiger partial charge in [-0.15, -0.1) is 0 Å². The predicted octanol–water partition coefficient (Wildman–Crippen LogP) is -0.672. The van der Waals surface area contributed by atoms with Crippen molar-refractivity contribution in [1.29, 1.82) is 0 Å². The van der Waals surface area contributed by atoms with E-state index in [1.54, 1.807) is 0 Å². The second kappa shape index (κ2) is 4.31. The Morgan fingerprint density at radius 1 is 1.14 bits per heavy atom. The summed E-state index contributed by atoms with van der Waals surface area (Å²) in [6.45, 7) is 0.736. The average molecular weight is 248 g/mol. The van der Waals surface area contributed by atoms with Gasteiger partial charge in [-0.25, -0.2) is 13.9 Å². The number of hydrogen-bond acceptors (Lipinski definition) is 6. The van der Waals surface area contributed by atoms with Gasteiger partial charge in [-0.2, -0.15) is 4.31 Å². The van der Waals surface area contributed by atoms with Gasteiger partial charge in [-0.3, -0.25) is 9.69 Å². The van der Waals surface area contributed by atoms with E-state index in [4.69, 9.17) is 14.7 Å². The first kappa shape index (κ1) is 13.4. The largest absolute Gasteiger partial charge is 0.538 e. The van der Waals surface area contributed by atoms with Crippen molar-refractivity contribution in [3.8, 4) is 0 Å². The van der Waals surface area contributed by atoms with E-state index >= 15 is 0 Å². The number of phosphoric ester groups is 1. The molecule has 0 aromatic carbocycles. The Balaban J connectivity index is 4.52. The van der Waals surface area contributed by atoms with E-state index in [1.165, 1.54) is 0 Å². The molecule has 11 heteroatoms. The minimum Gasteiger partial charge on any atom is -0.364 e. The molecule has 0 bridgehead atoms. The maximum Gasteiger partial charge on any atom is 0.538 e. The van der Waals surface area contributed by atoms with Gasteiger partial charge in [0.2, 0.25) is 5.78 Å². The summed E-state index contributed by atoms with van der Waals surface area (Å²) in [6.07, 6.45) is 0. The second-order valence-electron chi connectivity index (χ2n) is 1.98. The molecule has 14 heavy (non-hydrogen) atoms. The van der Waals surface area contributed by atoms with E-state index in [0.717, 1.165) is 6.92 Å². The molecule has 0 radical (unpaired) electrons. The summed E-state index contributed by atoms with van der Waals surface area (Å²) in [7, 11) is -10.5. The number of ketones is 1. The van der Waals surface area contributed by atoms with Gasteiger partial charge in [-0.1, -0.05) is 0 Å². The standard InChI is InChI=1S/C3H6O9P2/c1-2(4)3(5)11-14(9,10)12-13(6,7)8/h1H3,(H,9,10)(H2,6,7,8). The molecule has 0 aliphatic heterocycles. The number of phosphoric acid groups is 2.